The highest BCUT2D eigenvalue weighted by Gasteiger charge is 2.29. The van der Waals surface area contributed by atoms with Gasteiger partial charge in [0.15, 0.2) is 0 Å². The highest BCUT2D eigenvalue weighted by molar-refractivity contribution is 5.75. The maximum Gasteiger partial charge on any atom is 0.317 e. The van der Waals surface area contributed by atoms with Crippen LogP contribution in [-0.2, 0) is 9.47 Å². The summed E-state index contributed by atoms with van der Waals surface area (Å²) >= 11 is 0. The lowest BCUT2D eigenvalue weighted by molar-refractivity contribution is -0.0321. The minimum Gasteiger partial charge on any atom is -0.381 e. The molecule has 25 heavy (non-hydrogen) atoms. The van der Waals surface area contributed by atoms with Gasteiger partial charge in [0.25, 0.3) is 0 Å². The van der Waals surface area contributed by atoms with E-state index in [1.54, 1.807) is 0 Å². The van der Waals surface area contributed by atoms with Gasteiger partial charge in [-0.3, -0.25) is 0 Å². The molecule has 0 saturated carbocycles. The number of hydrogen-bond donors (Lipinski definition) is 1. The smallest absolute Gasteiger partial charge is 0.317 e. The Labute approximate surface area is 150 Å². The molecule has 1 aromatic rings. The van der Waals surface area contributed by atoms with Gasteiger partial charge in [0.05, 0.1) is 12.1 Å². The Kier molecular flexibility index (Phi) is 6.70. The molecule has 1 aromatic carbocycles. The van der Waals surface area contributed by atoms with Crippen LogP contribution in [0, 0.1) is 6.92 Å². The topological polar surface area (TPSA) is 50.8 Å². The van der Waals surface area contributed by atoms with Crippen molar-refractivity contribution in [3.8, 4) is 0 Å². The molecule has 0 aliphatic carbocycles. The highest BCUT2D eigenvalue weighted by atomic mass is 16.5. The third kappa shape index (κ3) is 5.19. The van der Waals surface area contributed by atoms with Crippen molar-refractivity contribution in [3.63, 3.8) is 0 Å². The van der Waals surface area contributed by atoms with Crippen molar-refractivity contribution < 1.29 is 14.3 Å². The van der Waals surface area contributed by atoms with Crippen molar-refractivity contribution >= 4 is 6.03 Å². The molecular weight excluding hydrogens is 316 g/mol. The number of hydrogen-bond acceptors (Lipinski definition) is 3. The zero-order valence-electron chi connectivity index (χ0n) is 15.2. The molecule has 2 amide bonds. The van der Waals surface area contributed by atoms with Crippen LogP contribution >= 0.6 is 0 Å². The molecule has 1 N–H and O–H groups in total. The lowest BCUT2D eigenvalue weighted by Crippen LogP contribution is -2.40. The number of rotatable bonds is 6. The Morgan fingerprint density at radius 2 is 2.16 bits per heavy atom. The predicted octanol–water partition coefficient (Wildman–Crippen LogP) is 3.43. The van der Waals surface area contributed by atoms with Crippen LogP contribution in [0.3, 0.4) is 0 Å². The van der Waals surface area contributed by atoms with Crippen LogP contribution in [0.15, 0.2) is 24.3 Å². The van der Waals surface area contributed by atoms with Gasteiger partial charge < -0.3 is 19.7 Å². The molecule has 2 saturated heterocycles. The number of nitrogens with zero attached hydrogens (tertiary/aromatic N) is 1. The van der Waals surface area contributed by atoms with E-state index in [9.17, 15) is 4.79 Å². The average molecular weight is 346 g/mol. The Morgan fingerprint density at radius 3 is 2.96 bits per heavy atom. The summed E-state index contributed by atoms with van der Waals surface area (Å²) < 4.78 is 11.2. The molecule has 2 aliphatic heterocycles. The maximum atomic E-state index is 12.5. The molecule has 5 heteroatoms. The van der Waals surface area contributed by atoms with E-state index in [1.165, 1.54) is 11.1 Å². The quantitative estimate of drug-likeness (QED) is 0.803. The first kappa shape index (κ1) is 18.2. The molecule has 0 unspecified atom stereocenters. The van der Waals surface area contributed by atoms with Gasteiger partial charge in [-0.25, -0.2) is 4.79 Å². The Morgan fingerprint density at radius 1 is 1.32 bits per heavy atom. The molecule has 2 aliphatic rings. The summed E-state index contributed by atoms with van der Waals surface area (Å²) in [6.45, 7) is 5.91. The van der Waals surface area contributed by atoms with Gasteiger partial charge in [0, 0.05) is 32.9 Å². The number of ether oxygens (including phenoxy) is 2. The van der Waals surface area contributed by atoms with Crippen molar-refractivity contribution in [1.82, 2.24) is 10.2 Å². The second kappa shape index (κ2) is 9.20. The first-order valence-corrected chi connectivity index (χ1v) is 9.54. The second-order valence-electron chi connectivity index (χ2n) is 7.03. The molecular formula is C20H30N2O3. The van der Waals surface area contributed by atoms with Gasteiger partial charge in [0.1, 0.15) is 0 Å². The van der Waals surface area contributed by atoms with Crippen molar-refractivity contribution in [3.05, 3.63) is 35.4 Å². The van der Waals surface area contributed by atoms with Crippen molar-refractivity contribution in [2.24, 2.45) is 0 Å². The zero-order valence-corrected chi connectivity index (χ0v) is 15.2. The number of aryl methyl sites for hydroxylation is 1. The third-order valence-corrected chi connectivity index (χ3v) is 5.06. The molecule has 2 fully saturated rings. The minimum atomic E-state index is 0.0510. The molecule has 0 radical (unpaired) electrons. The second-order valence-corrected chi connectivity index (χ2v) is 7.03. The molecule has 5 nitrogen and oxygen atoms in total. The normalized spacial score (nSPS) is 21.5. The summed E-state index contributed by atoms with van der Waals surface area (Å²) in [6, 6.07) is 8.75. The summed E-state index contributed by atoms with van der Waals surface area (Å²) in [6.07, 6.45) is 5.26. The van der Waals surface area contributed by atoms with Crippen LogP contribution in [0.5, 0.6) is 0 Å². The number of amides is 2. The first-order chi connectivity index (χ1) is 12.2. The van der Waals surface area contributed by atoms with E-state index in [4.69, 9.17) is 9.47 Å². The Balaban J connectivity index is 1.39. The molecule has 0 spiro atoms. The first-order valence-electron chi connectivity index (χ1n) is 9.54. The third-order valence-electron chi connectivity index (χ3n) is 5.06. The standard InChI is InChI=1S/C20H30N2O3/c1-16-5-2-6-17(15-16)19-7-3-11-22(19)20(23)21-10-4-12-25-18-8-13-24-14-9-18/h2,5-6,15,18-19H,3-4,7-14H2,1H3,(H,21,23)/t19-/m1/s1. The average Bonchev–Trinajstić information content (AvgIpc) is 3.12. The van der Waals surface area contributed by atoms with Crippen LogP contribution in [0.4, 0.5) is 4.79 Å². The number of carbonyl (C=O) groups excluding carboxylic acids is 1. The van der Waals surface area contributed by atoms with Crippen molar-refractivity contribution in [2.45, 2.75) is 51.2 Å². The highest BCUT2D eigenvalue weighted by Crippen LogP contribution is 2.32. The summed E-state index contributed by atoms with van der Waals surface area (Å²) in [5.74, 6) is 0. The number of likely N-dealkylation sites (tertiary alicyclic amines) is 1. The lowest BCUT2D eigenvalue weighted by atomic mass is 10.0. The summed E-state index contributed by atoms with van der Waals surface area (Å²) in [5, 5.41) is 3.06. The molecule has 1 atom stereocenters. The van der Waals surface area contributed by atoms with Crippen LogP contribution in [0.25, 0.3) is 0 Å². The predicted molar refractivity (Wildman–Crippen MR) is 97.7 cm³/mol. The van der Waals surface area contributed by atoms with Crippen LogP contribution in [0.2, 0.25) is 0 Å². The summed E-state index contributed by atoms with van der Waals surface area (Å²) in [7, 11) is 0. The minimum absolute atomic E-state index is 0.0510. The van der Waals surface area contributed by atoms with E-state index in [0.717, 1.165) is 51.9 Å². The van der Waals surface area contributed by atoms with Crippen LogP contribution < -0.4 is 5.32 Å². The van der Waals surface area contributed by atoms with E-state index in [2.05, 4.69) is 36.5 Å². The molecule has 138 valence electrons. The van der Waals surface area contributed by atoms with Gasteiger partial charge in [-0.15, -0.1) is 0 Å². The van der Waals surface area contributed by atoms with Crippen molar-refractivity contribution in [2.75, 3.05) is 32.9 Å². The number of nitrogens with one attached hydrogen (secondary N) is 1. The Hall–Kier alpha value is -1.59. The maximum absolute atomic E-state index is 12.5. The van der Waals surface area contributed by atoms with Gasteiger partial charge >= 0.3 is 6.03 Å². The summed E-state index contributed by atoms with van der Waals surface area (Å²) in [5.41, 5.74) is 2.49. The molecule has 3 rings (SSSR count). The van der Waals surface area contributed by atoms with Gasteiger partial charge in [-0.2, -0.15) is 0 Å². The number of benzene rings is 1. The van der Waals surface area contributed by atoms with Gasteiger partial charge in [0.2, 0.25) is 0 Å². The molecule has 0 aromatic heterocycles. The number of carbonyl (C=O) groups is 1. The van der Waals surface area contributed by atoms with E-state index >= 15 is 0 Å². The molecule has 0 bridgehead atoms. The monoisotopic (exact) mass is 346 g/mol. The van der Waals surface area contributed by atoms with Crippen LogP contribution in [-0.4, -0.2) is 49.9 Å². The fraction of sp³-hybridized carbons (Fsp3) is 0.650. The zero-order chi connectivity index (χ0) is 17.5. The SMILES string of the molecule is Cc1cccc([C@H]2CCCN2C(=O)NCCCOC2CCOCC2)c1. The van der Waals surface area contributed by atoms with Crippen molar-refractivity contribution in [1.29, 1.82) is 0 Å². The number of urea groups is 1. The largest absolute Gasteiger partial charge is 0.381 e. The Bertz CT molecular complexity index is 558. The fourth-order valence-corrected chi connectivity index (χ4v) is 3.70. The van der Waals surface area contributed by atoms with Gasteiger partial charge in [-0.05, 0) is 44.6 Å². The molecule has 2 heterocycles. The van der Waals surface area contributed by atoms with E-state index in [0.29, 0.717) is 19.3 Å². The fourth-order valence-electron chi connectivity index (χ4n) is 3.70. The van der Waals surface area contributed by atoms with E-state index < -0.39 is 0 Å². The lowest BCUT2D eigenvalue weighted by Gasteiger charge is -2.26. The van der Waals surface area contributed by atoms with E-state index in [-0.39, 0.29) is 12.1 Å². The van der Waals surface area contributed by atoms with Crippen LogP contribution in [0.1, 0.15) is 49.3 Å². The van der Waals surface area contributed by atoms with E-state index in [1.807, 2.05) is 4.90 Å². The summed E-state index contributed by atoms with van der Waals surface area (Å²) in [4.78, 5) is 14.5. The van der Waals surface area contributed by atoms with Gasteiger partial charge in [-0.1, -0.05) is 29.8 Å².